The van der Waals surface area contributed by atoms with Crippen molar-refractivity contribution in [1.82, 2.24) is 14.0 Å². The molecule has 20 heavy (non-hydrogen) atoms. The van der Waals surface area contributed by atoms with E-state index in [1.807, 2.05) is 6.92 Å². The summed E-state index contributed by atoms with van der Waals surface area (Å²) in [5.41, 5.74) is 5.19. The predicted octanol–water partition coefficient (Wildman–Crippen LogP) is -0.973. The molecule has 112 valence electrons. The maximum absolute atomic E-state index is 12.1. The molecule has 0 saturated heterocycles. The van der Waals surface area contributed by atoms with Crippen molar-refractivity contribution in [2.45, 2.75) is 19.9 Å². The molecule has 1 heterocycles. The van der Waals surface area contributed by atoms with Gasteiger partial charge in [0.05, 0.1) is 18.0 Å². The molecule has 1 atom stereocenters. The van der Waals surface area contributed by atoms with E-state index in [-0.39, 0.29) is 36.2 Å². The lowest BCUT2D eigenvalue weighted by atomic mass is 10.1. The molecule has 1 aromatic heterocycles. The van der Waals surface area contributed by atoms with Crippen LogP contribution in [-0.2, 0) is 25.4 Å². The van der Waals surface area contributed by atoms with E-state index in [1.165, 1.54) is 22.7 Å². The first-order chi connectivity index (χ1) is 9.33. The summed E-state index contributed by atoms with van der Waals surface area (Å²) in [6, 6.07) is 0. The largest absolute Gasteiger partial charge is 0.341 e. The molecule has 1 aromatic rings. The Hall–Kier alpha value is -1.89. The number of amides is 1. The van der Waals surface area contributed by atoms with Crippen LogP contribution >= 0.6 is 0 Å². The molecule has 1 unspecified atom stereocenters. The first-order valence-electron chi connectivity index (χ1n) is 6.54. The summed E-state index contributed by atoms with van der Waals surface area (Å²) >= 11 is 0. The maximum atomic E-state index is 12.1. The predicted molar refractivity (Wildman–Crippen MR) is 76.2 cm³/mol. The van der Waals surface area contributed by atoms with Gasteiger partial charge in [0.2, 0.25) is 5.91 Å². The van der Waals surface area contributed by atoms with E-state index in [0.717, 1.165) is 4.57 Å². The van der Waals surface area contributed by atoms with Gasteiger partial charge in [-0.3, -0.25) is 14.2 Å². The van der Waals surface area contributed by atoms with Crippen LogP contribution in [-0.4, -0.2) is 33.5 Å². The third-order valence-electron chi connectivity index (χ3n) is 3.43. The first-order valence-corrected chi connectivity index (χ1v) is 6.54. The number of hydrogen-bond acceptors (Lipinski definition) is 4. The molecule has 1 amide bonds. The molecular formula is C13H22N4O3. The Morgan fingerprint density at radius 2 is 2.00 bits per heavy atom. The van der Waals surface area contributed by atoms with Gasteiger partial charge in [0.1, 0.15) is 0 Å². The number of nitrogens with two attached hydrogens (primary N) is 1. The van der Waals surface area contributed by atoms with Crippen LogP contribution in [0.4, 0.5) is 0 Å². The molecule has 0 spiro atoms. The van der Waals surface area contributed by atoms with Crippen LogP contribution in [0.2, 0.25) is 0 Å². The fourth-order valence-corrected chi connectivity index (χ4v) is 2.08. The number of nitrogens with zero attached hydrogens (tertiary/aromatic N) is 3. The molecule has 2 N–H and O–H groups in total. The molecular weight excluding hydrogens is 260 g/mol. The van der Waals surface area contributed by atoms with Crippen molar-refractivity contribution in [3.63, 3.8) is 0 Å². The van der Waals surface area contributed by atoms with E-state index in [4.69, 9.17) is 5.73 Å². The Kier molecular flexibility index (Phi) is 5.26. The third-order valence-corrected chi connectivity index (χ3v) is 3.43. The average molecular weight is 282 g/mol. The highest BCUT2D eigenvalue weighted by atomic mass is 16.2. The van der Waals surface area contributed by atoms with E-state index >= 15 is 0 Å². The van der Waals surface area contributed by atoms with Crippen molar-refractivity contribution in [2.75, 3.05) is 13.6 Å². The van der Waals surface area contributed by atoms with Gasteiger partial charge in [0.15, 0.2) is 0 Å². The summed E-state index contributed by atoms with van der Waals surface area (Å²) in [6.07, 6.45) is 2.13. The molecule has 0 radical (unpaired) electrons. The van der Waals surface area contributed by atoms with Gasteiger partial charge in [0.25, 0.3) is 5.56 Å². The smallest absolute Gasteiger partial charge is 0.330 e. The molecule has 0 saturated carbocycles. The minimum absolute atomic E-state index is 0.0918. The zero-order chi connectivity index (χ0) is 15.4. The summed E-state index contributed by atoms with van der Waals surface area (Å²) in [7, 11) is 4.62. The number of carbonyl (C=O) groups is 1. The average Bonchev–Trinajstić information content (AvgIpc) is 2.43. The van der Waals surface area contributed by atoms with Gasteiger partial charge < -0.3 is 15.2 Å². The summed E-state index contributed by atoms with van der Waals surface area (Å²) in [4.78, 5) is 37.2. The van der Waals surface area contributed by atoms with E-state index in [9.17, 15) is 14.4 Å². The number of rotatable bonds is 5. The zero-order valence-corrected chi connectivity index (χ0v) is 12.4. The van der Waals surface area contributed by atoms with Gasteiger partial charge in [-0.1, -0.05) is 6.92 Å². The molecule has 7 heteroatoms. The SMILES string of the molecule is CCC(CN)C(=O)N(C)Cc1cn(C)c(=O)n(C)c1=O. The van der Waals surface area contributed by atoms with E-state index in [0.29, 0.717) is 12.0 Å². The minimum Gasteiger partial charge on any atom is -0.341 e. The molecule has 0 fully saturated rings. The highest BCUT2D eigenvalue weighted by Gasteiger charge is 2.20. The van der Waals surface area contributed by atoms with Crippen LogP contribution in [0.1, 0.15) is 18.9 Å². The van der Waals surface area contributed by atoms with E-state index < -0.39 is 0 Å². The van der Waals surface area contributed by atoms with Crippen molar-refractivity contribution in [3.8, 4) is 0 Å². The van der Waals surface area contributed by atoms with Gasteiger partial charge in [-0.25, -0.2) is 4.79 Å². The quantitative estimate of drug-likeness (QED) is 0.752. The van der Waals surface area contributed by atoms with E-state index in [2.05, 4.69) is 0 Å². The normalized spacial score (nSPS) is 12.2. The Bertz CT molecular complexity index is 599. The maximum Gasteiger partial charge on any atom is 0.330 e. The van der Waals surface area contributed by atoms with Crippen molar-refractivity contribution in [3.05, 3.63) is 32.6 Å². The summed E-state index contributed by atoms with van der Waals surface area (Å²) in [5, 5.41) is 0. The molecule has 0 aliphatic heterocycles. The molecule has 7 nitrogen and oxygen atoms in total. The Morgan fingerprint density at radius 1 is 1.40 bits per heavy atom. The lowest BCUT2D eigenvalue weighted by molar-refractivity contribution is -0.134. The third kappa shape index (κ3) is 3.16. The summed E-state index contributed by atoms with van der Waals surface area (Å²) in [5.74, 6) is -0.331. The standard InChI is InChI=1S/C13H22N4O3/c1-5-9(6-14)11(18)15(2)7-10-8-16(3)13(20)17(4)12(10)19/h8-9H,5-7,14H2,1-4H3. The van der Waals surface area contributed by atoms with Crippen LogP contribution in [0.25, 0.3) is 0 Å². The minimum atomic E-state index is -0.388. The summed E-state index contributed by atoms with van der Waals surface area (Å²) < 4.78 is 2.36. The zero-order valence-electron chi connectivity index (χ0n) is 12.4. The highest BCUT2D eigenvalue weighted by Crippen LogP contribution is 2.07. The van der Waals surface area contributed by atoms with Gasteiger partial charge >= 0.3 is 5.69 Å². The number of carbonyl (C=O) groups excluding carboxylic acids is 1. The monoisotopic (exact) mass is 282 g/mol. The van der Waals surface area contributed by atoms with Crippen molar-refractivity contribution < 1.29 is 4.79 Å². The van der Waals surface area contributed by atoms with Crippen molar-refractivity contribution in [2.24, 2.45) is 25.7 Å². The van der Waals surface area contributed by atoms with Gasteiger partial charge in [-0.05, 0) is 6.42 Å². The lowest BCUT2D eigenvalue weighted by Crippen LogP contribution is -2.42. The fraction of sp³-hybridized carbons (Fsp3) is 0.615. The van der Waals surface area contributed by atoms with Crippen LogP contribution in [0, 0.1) is 5.92 Å². The second-order valence-corrected chi connectivity index (χ2v) is 4.95. The van der Waals surface area contributed by atoms with Gasteiger partial charge in [-0.15, -0.1) is 0 Å². The van der Waals surface area contributed by atoms with Crippen LogP contribution in [0.3, 0.4) is 0 Å². The lowest BCUT2D eigenvalue weighted by Gasteiger charge is -2.22. The second kappa shape index (κ2) is 6.51. The number of aryl methyl sites for hydroxylation is 1. The van der Waals surface area contributed by atoms with Crippen molar-refractivity contribution in [1.29, 1.82) is 0 Å². The Morgan fingerprint density at radius 3 is 2.50 bits per heavy atom. The fourth-order valence-electron chi connectivity index (χ4n) is 2.08. The number of hydrogen-bond donors (Lipinski definition) is 1. The van der Waals surface area contributed by atoms with Gasteiger partial charge in [0, 0.05) is 33.9 Å². The van der Waals surface area contributed by atoms with Crippen LogP contribution < -0.4 is 17.0 Å². The van der Waals surface area contributed by atoms with Gasteiger partial charge in [-0.2, -0.15) is 0 Å². The highest BCUT2D eigenvalue weighted by molar-refractivity contribution is 5.78. The van der Waals surface area contributed by atoms with Crippen molar-refractivity contribution >= 4 is 5.91 Å². The van der Waals surface area contributed by atoms with Crippen LogP contribution in [0.5, 0.6) is 0 Å². The summed E-state index contributed by atoms with van der Waals surface area (Å²) in [6.45, 7) is 2.34. The molecule has 0 bridgehead atoms. The number of aromatic nitrogens is 2. The van der Waals surface area contributed by atoms with Crippen LogP contribution in [0.15, 0.2) is 15.8 Å². The Labute approximate surface area is 117 Å². The molecule has 1 rings (SSSR count). The first kappa shape index (κ1) is 16.2. The topological polar surface area (TPSA) is 90.3 Å². The molecule has 0 aliphatic carbocycles. The molecule has 0 aliphatic rings. The second-order valence-electron chi connectivity index (χ2n) is 4.95. The Balaban J connectivity index is 3.03. The molecule has 0 aromatic carbocycles. The van der Waals surface area contributed by atoms with E-state index in [1.54, 1.807) is 14.1 Å².